The number of amides is 1. The Morgan fingerprint density at radius 3 is 2.29 bits per heavy atom. The van der Waals surface area contributed by atoms with Gasteiger partial charge in [-0.2, -0.15) is 0 Å². The molecule has 2 rings (SSSR count). The second-order valence-corrected chi connectivity index (χ2v) is 8.39. The van der Waals surface area contributed by atoms with Gasteiger partial charge in [-0.15, -0.1) is 0 Å². The van der Waals surface area contributed by atoms with Crippen molar-refractivity contribution in [1.82, 2.24) is 4.90 Å². The summed E-state index contributed by atoms with van der Waals surface area (Å²) in [5, 5.41) is 0. The summed E-state index contributed by atoms with van der Waals surface area (Å²) in [6, 6.07) is 4.69. The molecule has 0 saturated carbocycles. The van der Waals surface area contributed by atoms with Gasteiger partial charge in [0, 0.05) is 19.2 Å². The van der Waals surface area contributed by atoms with Gasteiger partial charge in [-0.1, -0.05) is 0 Å². The summed E-state index contributed by atoms with van der Waals surface area (Å²) in [7, 11) is 0.503. The summed E-state index contributed by atoms with van der Waals surface area (Å²) in [4.78, 5) is 25.9. The lowest BCUT2D eigenvalue weighted by atomic mass is 9.97. The summed E-state index contributed by atoms with van der Waals surface area (Å²) in [5.41, 5.74) is 0.253. The number of carbonyl (C=O) groups excluding carboxylic acids is 2. The largest absolute Gasteiger partial charge is 0.497 e. The fourth-order valence-corrected chi connectivity index (χ4v) is 3.98. The monoisotopic (exact) mass is 414 g/mol. The quantitative estimate of drug-likeness (QED) is 0.610. The second-order valence-electron chi connectivity index (χ2n) is 6.49. The number of likely N-dealkylation sites (tertiary alicyclic amines) is 1. The molecular weight excluding hydrogens is 388 g/mol. The molecule has 10 heteroatoms. The van der Waals surface area contributed by atoms with Gasteiger partial charge in [0.25, 0.3) is 0 Å². The molecular formula is C18H26N2O7S. The van der Waals surface area contributed by atoms with Crippen molar-refractivity contribution in [3.8, 4) is 11.5 Å². The first-order valence-corrected chi connectivity index (χ1v) is 10.6. The Morgan fingerprint density at radius 2 is 1.79 bits per heavy atom. The smallest absolute Gasteiger partial charge is 0.308 e. The molecule has 1 saturated heterocycles. The molecule has 1 aromatic rings. The first kappa shape index (κ1) is 21.8. The Balaban J connectivity index is 2.18. The lowest BCUT2D eigenvalue weighted by molar-refractivity contribution is -0.148. The van der Waals surface area contributed by atoms with Crippen LogP contribution in [-0.2, 0) is 24.3 Å². The first-order chi connectivity index (χ1) is 13.2. The predicted molar refractivity (Wildman–Crippen MR) is 103 cm³/mol. The average molecular weight is 414 g/mol. The zero-order chi connectivity index (χ0) is 20.9. The van der Waals surface area contributed by atoms with E-state index in [4.69, 9.17) is 14.2 Å². The summed E-state index contributed by atoms with van der Waals surface area (Å²) in [6.45, 7) is 0.385. The highest BCUT2D eigenvalue weighted by Gasteiger charge is 2.31. The summed E-state index contributed by atoms with van der Waals surface area (Å²) in [5.74, 6) is -0.0755. The molecule has 1 aliphatic rings. The molecule has 0 radical (unpaired) electrons. The summed E-state index contributed by atoms with van der Waals surface area (Å²) >= 11 is 0. The number of hydrogen-bond acceptors (Lipinski definition) is 7. The van der Waals surface area contributed by atoms with E-state index < -0.39 is 10.0 Å². The molecule has 1 heterocycles. The van der Waals surface area contributed by atoms with Crippen LogP contribution < -0.4 is 13.8 Å². The van der Waals surface area contributed by atoms with Gasteiger partial charge in [0.1, 0.15) is 18.0 Å². The van der Waals surface area contributed by atoms with Crippen LogP contribution in [-0.4, -0.2) is 72.4 Å². The van der Waals surface area contributed by atoms with Gasteiger partial charge in [0.2, 0.25) is 15.9 Å². The Labute approximate surface area is 165 Å². The van der Waals surface area contributed by atoms with E-state index in [1.165, 1.54) is 27.4 Å². The van der Waals surface area contributed by atoms with E-state index >= 15 is 0 Å². The van der Waals surface area contributed by atoms with E-state index in [0.29, 0.717) is 31.7 Å². The van der Waals surface area contributed by atoms with Crippen LogP contribution in [0, 0.1) is 5.92 Å². The molecule has 0 atom stereocenters. The van der Waals surface area contributed by atoms with Crippen molar-refractivity contribution in [3.05, 3.63) is 18.2 Å². The van der Waals surface area contributed by atoms with Crippen molar-refractivity contribution in [2.24, 2.45) is 5.92 Å². The Morgan fingerprint density at radius 1 is 1.14 bits per heavy atom. The number of rotatable bonds is 7. The molecule has 1 fully saturated rings. The van der Waals surface area contributed by atoms with Gasteiger partial charge in [0.05, 0.1) is 39.2 Å². The maximum Gasteiger partial charge on any atom is 0.308 e. The maximum absolute atomic E-state index is 12.7. The van der Waals surface area contributed by atoms with E-state index in [9.17, 15) is 18.0 Å². The lowest BCUT2D eigenvalue weighted by Gasteiger charge is -2.32. The molecule has 9 nitrogen and oxygen atoms in total. The molecule has 1 aromatic carbocycles. The number of esters is 1. The van der Waals surface area contributed by atoms with E-state index in [1.54, 1.807) is 17.0 Å². The van der Waals surface area contributed by atoms with Crippen LogP contribution in [0.25, 0.3) is 0 Å². The highest BCUT2D eigenvalue weighted by Crippen LogP contribution is 2.33. The van der Waals surface area contributed by atoms with Gasteiger partial charge in [-0.3, -0.25) is 13.9 Å². The number of carbonyl (C=O) groups is 2. The fourth-order valence-electron chi connectivity index (χ4n) is 3.13. The van der Waals surface area contributed by atoms with Gasteiger partial charge in [-0.25, -0.2) is 8.42 Å². The molecule has 0 N–H and O–H groups in total. The first-order valence-electron chi connectivity index (χ1n) is 8.76. The number of piperidine rings is 1. The van der Waals surface area contributed by atoms with Gasteiger partial charge >= 0.3 is 5.97 Å². The molecule has 0 spiro atoms. The fraction of sp³-hybridized carbons (Fsp3) is 0.556. The van der Waals surface area contributed by atoms with E-state index in [-0.39, 0.29) is 35.8 Å². The van der Waals surface area contributed by atoms with Crippen LogP contribution >= 0.6 is 0 Å². The van der Waals surface area contributed by atoms with Crippen molar-refractivity contribution in [2.45, 2.75) is 12.8 Å². The molecule has 0 aliphatic carbocycles. The highest BCUT2D eigenvalue weighted by atomic mass is 32.2. The van der Waals surface area contributed by atoms with Crippen LogP contribution in [0.3, 0.4) is 0 Å². The van der Waals surface area contributed by atoms with E-state index in [0.717, 1.165) is 10.6 Å². The van der Waals surface area contributed by atoms with E-state index in [2.05, 4.69) is 0 Å². The number of nitrogens with zero attached hydrogens (tertiary/aromatic N) is 2. The standard InChI is InChI=1S/C18H26N2O7S/c1-25-14-5-6-15(16(11-14)26-2)20(28(4,23)24)12-17(21)19-9-7-13(8-10-19)18(22)27-3/h5-6,11,13H,7-10,12H2,1-4H3. The second kappa shape index (κ2) is 9.13. The molecule has 28 heavy (non-hydrogen) atoms. The number of benzene rings is 1. The minimum Gasteiger partial charge on any atom is -0.497 e. The normalized spacial score (nSPS) is 15.1. The Bertz CT molecular complexity index is 817. The molecule has 0 bridgehead atoms. The molecule has 1 amide bonds. The lowest BCUT2D eigenvalue weighted by Crippen LogP contribution is -2.46. The van der Waals surface area contributed by atoms with Crippen LogP contribution in [0.4, 0.5) is 5.69 Å². The maximum atomic E-state index is 12.7. The van der Waals surface area contributed by atoms with Crippen molar-refractivity contribution in [3.63, 3.8) is 0 Å². The number of methoxy groups -OCH3 is 3. The number of hydrogen-bond donors (Lipinski definition) is 0. The SMILES string of the molecule is COC(=O)C1CCN(C(=O)CN(c2ccc(OC)cc2OC)S(C)(=O)=O)CC1. The van der Waals surface area contributed by atoms with Gasteiger partial charge in [-0.05, 0) is 25.0 Å². The summed E-state index contributed by atoms with van der Waals surface area (Å²) < 4.78 is 40.9. The van der Waals surface area contributed by atoms with Crippen molar-refractivity contribution in [1.29, 1.82) is 0 Å². The summed E-state index contributed by atoms with van der Waals surface area (Å²) in [6.07, 6.45) is 2.01. The number of ether oxygens (including phenoxy) is 3. The topological polar surface area (TPSA) is 102 Å². The van der Waals surface area contributed by atoms with Gasteiger partial charge < -0.3 is 19.1 Å². The van der Waals surface area contributed by atoms with Gasteiger partial charge in [0.15, 0.2) is 0 Å². The van der Waals surface area contributed by atoms with Crippen molar-refractivity contribution in [2.75, 3.05) is 51.5 Å². The van der Waals surface area contributed by atoms with Crippen LogP contribution in [0.15, 0.2) is 18.2 Å². The average Bonchev–Trinajstić information content (AvgIpc) is 2.70. The van der Waals surface area contributed by atoms with Crippen molar-refractivity contribution >= 4 is 27.6 Å². The molecule has 1 aliphatic heterocycles. The van der Waals surface area contributed by atoms with E-state index in [1.807, 2.05) is 0 Å². The molecule has 0 unspecified atom stereocenters. The van der Waals surface area contributed by atoms with Crippen LogP contribution in [0.5, 0.6) is 11.5 Å². The van der Waals surface area contributed by atoms with Crippen molar-refractivity contribution < 1.29 is 32.2 Å². The third kappa shape index (κ3) is 5.06. The minimum atomic E-state index is -3.74. The Hall–Kier alpha value is -2.49. The molecule has 156 valence electrons. The number of anilines is 1. The minimum absolute atomic E-state index is 0.234. The van der Waals surface area contributed by atoms with Crippen LogP contribution in [0.2, 0.25) is 0 Å². The third-order valence-corrected chi connectivity index (χ3v) is 5.84. The third-order valence-electron chi connectivity index (χ3n) is 4.72. The highest BCUT2D eigenvalue weighted by molar-refractivity contribution is 7.92. The number of sulfonamides is 1. The van der Waals surface area contributed by atoms with Crippen LogP contribution in [0.1, 0.15) is 12.8 Å². The Kier molecular flexibility index (Phi) is 7.11. The molecule has 0 aromatic heterocycles. The zero-order valence-electron chi connectivity index (χ0n) is 16.5. The zero-order valence-corrected chi connectivity index (χ0v) is 17.3. The predicted octanol–water partition coefficient (Wildman–Crippen LogP) is 0.881.